The number of aliphatic carboxylic acids is 1. The summed E-state index contributed by atoms with van der Waals surface area (Å²) in [6, 6.07) is 0. The molecular formula is C14H28N2O4. The highest BCUT2D eigenvalue weighted by Gasteiger charge is 2.44. The molecule has 0 aliphatic carbocycles. The normalized spacial score (nSPS) is 21.4. The van der Waals surface area contributed by atoms with Crippen LogP contribution in [0.15, 0.2) is 0 Å². The van der Waals surface area contributed by atoms with E-state index in [4.69, 9.17) is 14.6 Å². The monoisotopic (exact) mass is 288 g/mol. The second-order valence-electron chi connectivity index (χ2n) is 6.39. The lowest BCUT2D eigenvalue weighted by atomic mass is 9.79. The van der Waals surface area contributed by atoms with Crippen molar-refractivity contribution in [1.29, 1.82) is 0 Å². The number of piperidine rings is 1. The summed E-state index contributed by atoms with van der Waals surface area (Å²) in [5.41, 5.74) is 0.112. The van der Waals surface area contributed by atoms with Crippen LogP contribution in [0.1, 0.15) is 47.5 Å². The van der Waals surface area contributed by atoms with Gasteiger partial charge >= 0.3 is 6.09 Å². The van der Waals surface area contributed by atoms with E-state index in [1.807, 2.05) is 0 Å². The Morgan fingerprint density at radius 3 is 1.85 bits per heavy atom. The average Bonchev–Trinajstić information content (AvgIpc) is 2.24. The first-order valence-corrected chi connectivity index (χ1v) is 6.74. The molecule has 1 fully saturated rings. The molecule has 1 aliphatic rings. The maximum Gasteiger partial charge on any atom is 0.407 e. The fraction of sp³-hybridized carbons (Fsp3) is 0.857. The number of nitrogens with zero attached hydrogens (tertiary/aromatic N) is 1. The predicted octanol–water partition coefficient (Wildman–Crippen LogP) is 2.08. The summed E-state index contributed by atoms with van der Waals surface area (Å²) in [4.78, 5) is 22.6. The Labute approximate surface area is 121 Å². The van der Waals surface area contributed by atoms with Crippen molar-refractivity contribution in [2.24, 2.45) is 0 Å². The van der Waals surface area contributed by atoms with Gasteiger partial charge in [0.2, 0.25) is 0 Å². The first-order chi connectivity index (χ1) is 8.92. The molecule has 0 saturated carbocycles. The standard InChI is InChI=1S/C12H24N2O2.C2H4O2/c1-11(2)7-9(16-10(15)13-5)8-12(3,4)14(11)6;1-2(3)4/h9H,7-8H2,1-6H3,(H,13,15);1H3,(H,3,4). The van der Waals surface area contributed by atoms with Gasteiger partial charge in [0.05, 0.1) is 0 Å². The molecule has 1 saturated heterocycles. The third-order valence-corrected chi connectivity index (χ3v) is 3.75. The van der Waals surface area contributed by atoms with Crippen molar-refractivity contribution < 1.29 is 19.4 Å². The molecule has 6 nitrogen and oxygen atoms in total. The van der Waals surface area contributed by atoms with Gasteiger partial charge in [-0.05, 0) is 34.7 Å². The molecule has 1 rings (SSSR count). The van der Waals surface area contributed by atoms with Crippen LogP contribution in [0.5, 0.6) is 0 Å². The number of nitrogens with one attached hydrogen (secondary N) is 1. The first kappa shape index (κ1) is 18.7. The summed E-state index contributed by atoms with van der Waals surface area (Å²) in [5, 5.41) is 9.92. The van der Waals surface area contributed by atoms with Crippen molar-refractivity contribution in [3.63, 3.8) is 0 Å². The number of carbonyl (C=O) groups is 2. The highest BCUT2D eigenvalue weighted by molar-refractivity contribution is 5.66. The van der Waals surface area contributed by atoms with Crippen molar-refractivity contribution >= 4 is 12.1 Å². The van der Waals surface area contributed by atoms with Gasteiger partial charge in [-0.15, -0.1) is 0 Å². The maximum absolute atomic E-state index is 11.2. The summed E-state index contributed by atoms with van der Waals surface area (Å²) in [6.45, 7) is 9.84. The average molecular weight is 288 g/mol. The van der Waals surface area contributed by atoms with Crippen LogP contribution >= 0.6 is 0 Å². The third-order valence-electron chi connectivity index (χ3n) is 3.75. The molecule has 0 aromatic rings. The van der Waals surface area contributed by atoms with Gasteiger partial charge in [-0.1, -0.05) is 0 Å². The lowest BCUT2D eigenvalue weighted by molar-refractivity contribution is -0.134. The largest absolute Gasteiger partial charge is 0.481 e. The van der Waals surface area contributed by atoms with E-state index < -0.39 is 5.97 Å². The van der Waals surface area contributed by atoms with Crippen LogP contribution in [-0.2, 0) is 9.53 Å². The van der Waals surface area contributed by atoms with Crippen LogP contribution < -0.4 is 5.32 Å². The molecule has 118 valence electrons. The Kier molecular flexibility index (Phi) is 6.47. The second-order valence-corrected chi connectivity index (χ2v) is 6.39. The van der Waals surface area contributed by atoms with E-state index in [-0.39, 0.29) is 23.3 Å². The number of alkyl carbamates (subject to hydrolysis) is 1. The summed E-state index contributed by atoms with van der Waals surface area (Å²) in [7, 11) is 3.73. The van der Waals surface area contributed by atoms with Gasteiger partial charge in [-0.25, -0.2) is 4.79 Å². The molecule has 0 unspecified atom stereocenters. The van der Waals surface area contributed by atoms with E-state index in [2.05, 4.69) is 45.0 Å². The minimum atomic E-state index is -0.833. The smallest absolute Gasteiger partial charge is 0.407 e. The summed E-state index contributed by atoms with van der Waals surface area (Å²) < 4.78 is 5.38. The quantitative estimate of drug-likeness (QED) is 0.772. The van der Waals surface area contributed by atoms with Crippen molar-refractivity contribution in [2.75, 3.05) is 14.1 Å². The topological polar surface area (TPSA) is 78.9 Å². The lowest BCUT2D eigenvalue weighted by Crippen LogP contribution is -2.60. The van der Waals surface area contributed by atoms with Gasteiger partial charge in [0.1, 0.15) is 6.10 Å². The van der Waals surface area contributed by atoms with Crippen LogP contribution in [0.3, 0.4) is 0 Å². The molecule has 0 bridgehead atoms. The molecular weight excluding hydrogens is 260 g/mol. The molecule has 6 heteroatoms. The van der Waals surface area contributed by atoms with Crippen LogP contribution in [0, 0.1) is 0 Å². The Morgan fingerprint density at radius 1 is 1.20 bits per heavy atom. The van der Waals surface area contributed by atoms with Crippen molar-refractivity contribution in [2.45, 2.75) is 64.6 Å². The molecule has 2 N–H and O–H groups in total. The predicted molar refractivity (Wildman–Crippen MR) is 77.8 cm³/mol. The molecule has 0 aromatic carbocycles. The number of carboxylic acid groups (broad SMARTS) is 1. The van der Waals surface area contributed by atoms with Gasteiger partial charge in [-0.2, -0.15) is 0 Å². The number of amides is 1. The van der Waals surface area contributed by atoms with E-state index in [0.29, 0.717) is 0 Å². The van der Waals surface area contributed by atoms with Gasteiger partial charge < -0.3 is 15.2 Å². The zero-order valence-electron chi connectivity index (χ0n) is 13.6. The number of hydrogen-bond donors (Lipinski definition) is 2. The number of carbonyl (C=O) groups excluding carboxylic acids is 1. The van der Waals surface area contributed by atoms with Gasteiger partial charge in [0.25, 0.3) is 5.97 Å². The number of hydrogen-bond acceptors (Lipinski definition) is 4. The van der Waals surface area contributed by atoms with Crippen LogP contribution in [0.2, 0.25) is 0 Å². The number of ether oxygens (including phenoxy) is 1. The van der Waals surface area contributed by atoms with E-state index in [1.165, 1.54) is 0 Å². The van der Waals surface area contributed by atoms with Crippen molar-refractivity contribution in [1.82, 2.24) is 10.2 Å². The number of rotatable bonds is 1. The molecule has 1 aliphatic heterocycles. The Hall–Kier alpha value is -1.30. The second kappa shape index (κ2) is 6.92. The molecule has 0 aromatic heterocycles. The maximum atomic E-state index is 11.2. The molecule has 1 heterocycles. The van der Waals surface area contributed by atoms with E-state index in [0.717, 1.165) is 19.8 Å². The van der Waals surface area contributed by atoms with Crippen LogP contribution in [-0.4, -0.2) is 53.3 Å². The summed E-state index contributed by atoms with van der Waals surface area (Å²) in [6.07, 6.45) is 1.42. The molecule has 20 heavy (non-hydrogen) atoms. The fourth-order valence-electron chi connectivity index (χ4n) is 2.57. The molecule has 0 radical (unpaired) electrons. The lowest BCUT2D eigenvalue weighted by Gasteiger charge is -2.53. The summed E-state index contributed by atoms with van der Waals surface area (Å²) in [5.74, 6) is -0.833. The van der Waals surface area contributed by atoms with Crippen molar-refractivity contribution in [3.8, 4) is 0 Å². The molecule has 0 atom stereocenters. The van der Waals surface area contributed by atoms with E-state index in [9.17, 15) is 4.79 Å². The third kappa shape index (κ3) is 5.77. The highest BCUT2D eigenvalue weighted by Crippen LogP contribution is 2.37. The fourth-order valence-corrected chi connectivity index (χ4v) is 2.57. The van der Waals surface area contributed by atoms with Gasteiger partial charge in [0, 0.05) is 37.9 Å². The highest BCUT2D eigenvalue weighted by atomic mass is 16.6. The Bertz CT molecular complexity index is 331. The summed E-state index contributed by atoms with van der Waals surface area (Å²) >= 11 is 0. The zero-order chi connectivity index (χ0) is 16.1. The Morgan fingerprint density at radius 2 is 1.55 bits per heavy atom. The van der Waals surface area contributed by atoms with Crippen LogP contribution in [0.4, 0.5) is 4.79 Å². The van der Waals surface area contributed by atoms with E-state index in [1.54, 1.807) is 7.05 Å². The van der Waals surface area contributed by atoms with Crippen molar-refractivity contribution in [3.05, 3.63) is 0 Å². The minimum absolute atomic E-state index is 0.00106. The molecule has 0 spiro atoms. The Balaban J connectivity index is 0.000000796. The van der Waals surface area contributed by atoms with Gasteiger partial charge in [-0.3, -0.25) is 9.69 Å². The van der Waals surface area contributed by atoms with Crippen LogP contribution in [0.25, 0.3) is 0 Å². The zero-order valence-corrected chi connectivity index (χ0v) is 13.6. The minimum Gasteiger partial charge on any atom is -0.481 e. The molecule has 1 amide bonds. The first-order valence-electron chi connectivity index (χ1n) is 6.74. The van der Waals surface area contributed by atoms with E-state index >= 15 is 0 Å². The SMILES string of the molecule is CC(=O)O.CNC(=O)OC1CC(C)(C)N(C)C(C)(C)C1. The number of carboxylic acids is 1. The van der Waals surface area contributed by atoms with Gasteiger partial charge in [0.15, 0.2) is 0 Å². The number of likely N-dealkylation sites (tertiary alicyclic amines) is 1.